The summed E-state index contributed by atoms with van der Waals surface area (Å²) in [5, 5.41) is 3.29. The molecule has 86 valence electrons. The molecule has 0 aliphatic heterocycles. The molecule has 0 saturated heterocycles. The highest BCUT2D eigenvalue weighted by molar-refractivity contribution is 6.33. The fraction of sp³-hybridized carbons (Fsp3) is 0.500. The number of hydrogen-bond donors (Lipinski definition) is 1. The van der Waals surface area contributed by atoms with Crippen molar-refractivity contribution in [3.05, 3.63) is 23.4 Å². The quantitative estimate of drug-likeness (QED) is 0.859. The number of hydrogen-bond acceptors (Lipinski definition) is 2. The molecule has 1 amide bonds. The number of pyridine rings is 1. The van der Waals surface area contributed by atoms with Gasteiger partial charge in [-0.15, -0.1) is 0 Å². The van der Waals surface area contributed by atoms with Crippen molar-refractivity contribution < 1.29 is 4.79 Å². The normalized spacial score (nSPS) is 18.4. The third-order valence-electron chi connectivity index (χ3n) is 3.25. The minimum absolute atomic E-state index is 0.0330. The van der Waals surface area contributed by atoms with E-state index in [0.29, 0.717) is 10.8 Å². The van der Waals surface area contributed by atoms with Gasteiger partial charge in [0.25, 0.3) is 0 Å². The average Bonchev–Trinajstić information content (AvgIpc) is 2.70. The molecule has 1 N–H and O–H groups in total. The van der Waals surface area contributed by atoms with E-state index in [9.17, 15) is 4.79 Å². The van der Waals surface area contributed by atoms with E-state index < -0.39 is 0 Å². The standard InChI is InChI=1S/C12H15ClN2O/c1-12(6-2-3-7-12)11(16)15-10-9(13)5-4-8-14-10/h4-5,8H,2-3,6-7H2,1H3,(H,14,15,16). The monoisotopic (exact) mass is 238 g/mol. The summed E-state index contributed by atoms with van der Waals surface area (Å²) in [4.78, 5) is 16.1. The summed E-state index contributed by atoms with van der Waals surface area (Å²) < 4.78 is 0. The second-order valence-corrected chi connectivity index (χ2v) is 4.96. The van der Waals surface area contributed by atoms with Gasteiger partial charge in [0.1, 0.15) is 0 Å². The SMILES string of the molecule is CC1(C(=O)Nc2ncccc2Cl)CCCC1. The summed E-state index contributed by atoms with van der Waals surface area (Å²) in [6.07, 6.45) is 5.77. The molecule has 1 aliphatic carbocycles. The van der Waals surface area contributed by atoms with Crippen LogP contribution in [0.15, 0.2) is 18.3 Å². The van der Waals surface area contributed by atoms with Crippen molar-refractivity contribution in [1.82, 2.24) is 4.98 Å². The molecule has 0 bridgehead atoms. The van der Waals surface area contributed by atoms with Crippen molar-refractivity contribution in [3.63, 3.8) is 0 Å². The van der Waals surface area contributed by atoms with E-state index in [0.717, 1.165) is 25.7 Å². The number of amides is 1. The Kier molecular flexibility index (Phi) is 3.15. The van der Waals surface area contributed by atoms with Crippen LogP contribution >= 0.6 is 11.6 Å². The highest BCUT2D eigenvalue weighted by Gasteiger charge is 2.36. The van der Waals surface area contributed by atoms with E-state index in [1.807, 2.05) is 6.92 Å². The Balaban J connectivity index is 2.10. The van der Waals surface area contributed by atoms with Crippen LogP contribution in [0.2, 0.25) is 5.02 Å². The van der Waals surface area contributed by atoms with Gasteiger partial charge in [-0.25, -0.2) is 4.98 Å². The molecular weight excluding hydrogens is 224 g/mol. The molecule has 1 aromatic heterocycles. The highest BCUT2D eigenvalue weighted by atomic mass is 35.5. The molecule has 3 nitrogen and oxygen atoms in total. The number of carbonyl (C=O) groups is 1. The molecule has 0 atom stereocenters. The Bertz CT molecular complexity index is 400. The van der Waals surface area contributed by atoms with Gasteiger partial charge in [-0.3, -0.25) is 4.79 Å². The van der Waals surface area contributed by atoms with Gasteiger partial charge in [0.2, 0.25) is 5.91 Å². The van der Waals surface area contributed by atoms with Crippen molar-refractivity contribution in [2.24, 2.45) is 5.41 Å². The van der Waals surface area contributed by atoms with Crippen LogP contribution in [-0.2, 0) is 4.79 Å². The van der Waals surface area contributed by atoms with Crippen LogP contribution in [-0.4, -0.2) is 10.9 Å². The molecular formula is C12H15ClN2O. The first-order valence-electron chi connectivity index (χ1n) is 5.54. The summed E-state index contributed by atoms with van der Waals surface area (Å²) in [5.41, 5.74) is -0.249. The van der Waals surface area contributed by atoms with Crippen LogP contribution in [0.5, 0.6) is 0 Å². The molecule has 4 heteroatoms. The first-order valence-corrected chi connectivity index (χ1v) is 5.92. The van der Waals surface area contributed by atoms with Crippen molar-refractivity contribution in [1.29, 1.82) is 0 Å². The van der Waals surface area contributed by atoms with Crippen molar-refractivity contribution >= 4 is 23.3 Å². The predicted molar refractivity (Wildman–Crippen MR) is 64.5 cm³/mol. The fourth-order valence-electron chi connectivity index (χ4n) is 2.12. The molecule has 0 unspecified atom stereocenters. The van der Waals surface area contributed by atoms with E-state index in [1.54, 1.807) is 18.3 Å². The maximum atomic E-state index is 12.1. The number of halogens is 1. The van der Waals surface area contributed by atoms with Crippen LogP contribution in [0.3, 0.4) is 0 Å². The summed E-state index contributed by atoms with van der Waals surface area (Å²) in [7, 11) is 0. The first-order chi connectivity index (χ1) is 7.62. The van der Waals surface area contributed by atoms with Crippen LogP contribution in [0.25, 0.3) is 0 Å². The van der Waals surface area contributed by atoms with E-state index >= 15 is 0 Å². The Labute approximate surface area is 100 Å². The minimum atomic E-state index is -0.249. The molecule has 0 aromatic carbocycles. The Hall–Kier alpha value is -1.09. The van der Waals surface area contributed by atoms with Crippen LogP contribution < -0.4 is 5.32 Å². The lowest BCUT2D eigenvalue weighted by Gasteiger charge is -2.22. The van der Waals surface area contributed by atoms with Gasteiger partial charge >= 0.3 is 0 Å². The summed E-state index contributed by atoms with van der Waals surface area (Å²) in [6, 6.07) is 3.47. The van der Waals surface area contributed by atoms with Crippen molar-refractivity contribution in [2.75, 3.05) is 5.32 Å². The number of nitrogens with one attached hydrogen (secondary N) is 1. The zero-order valence-corrected chi connectivity index (χ0v) is 10.0. The molecule has 1 aliphatic rings. The van der Waals surface area contributed by atoms with Gasteiger partial charge in [-0.1, -0.05) is 31.4 Å². The Morgan fingerprint density at radius 3 is 2.81 bits per heavy atom. The lowest BCUT2D eigenvalue weighted by Crippen LogP contribution is -2.31. The van der Waals surface area contributed by atoms with E-state index in [2.05, 4.69) is 10.3 Å². The van der Waals surface area contributed by atoms with Gasteiger partial charge in [0, 0.05) is 11.6 Å². The summed E-state index contributed by atoms with van der Waals surface area (Å²) in [6.45, 7) is 2.01. The molecule has 0 spiro atoms. The third-order valence-corrected chi connectivity index (χ3v) is 3.55. The van der Waals surface area contributed by atoms with Gasteiger partial charge in [-0.05, 0) is 25.0 Å². The Morgan fingerprint density at radius 2 is 2.19 bits per heavy atom. The summed E-state index contributed by atoms with van der Waals surface area (Å²) >= 11 is 5.94. The topological polar surface area (TPSA) is 42.0 Å². The largest absolute Gasteiger partial charge is 0.309 e. The van der Waals surface area contributed by atoms with Gasteiger partial charge < -0.3 is 5.32 Å². The zero-order chi connectivity index (χ0) is 11.6. The summed E-state index contributed by atoms with van der Waals surface area (Å²) in [5.74, 6) is 0.493. The van der Waals surface area contributed by atoms with Crippen LogP contribution in [0.1, 0.15) is 32.6 Å². The van der Waals surface area contributed by atoms with Crippen molar-refractivity contribution in [3.8, 4) is 0 Å². The van der Waals surface area contributed by atoms with Crippen molar-refractivity contribution in [2.45, 2.75) is 32.6 Å². The third kappa shape index (κ3) is 2.19. The number of carbonyl (C=O) groups excluding carboxylic acids is 1. The second kappa shape index (κ2) is 4.42. The van der Waals surface area contributed by atoms with Crippen LogP contribution in [0.4, 0.5) is 5.82 Å². The lowest BCUT2D eigenvalue weighted by atomic mass is 9.88. The molecule has 0 radical (unpaired) electrons. The predicted octanol–water partition coefficient (Wildman–Crippen LogP) is 3.25. The maximum absolute atomic E-state index is 12.1. The fourth-order valence-corrected chi connectivity index (χ4v) is 2.29. The van der Waals surface area contributed by atoms with Gasteiger partial charge in [0.05, 0.1) is 5.02 Å². The lowest BCUT2D eigenvalue weighted by molar-refractivity contribution is -0.124. The molecule has 1 aromatic rings. The van der Waals surface area contributed by atoms with Gasteiger partial charge in [0.15, 0.2) is 5.82 Å². The van der Waals surface area contributed by atoms with Crippen LogP contribution in [0, 0.1) is 5.41 Å². The Morgan fingerprint density at radius 1 is 1.50 bits per heavy atom. The molecule has 1 heterocycles. The number of rotatable bonds is 2. The molecule has 1 fully saturated rings. The average molecular weight is 239 g/mol. The smallest absolute Gasteiger partial charge is 0.231 e. The van der Waals surface area contributed by atoms with E-state index in [4.69, 9.17) is 11.6 Å². The van der Waals surface area contributed by atoms with E-state index in [1.165, 1.54) is 0 Å². The minimum Gasteiger partial charge on any atom is -0.309 e. The number of aromatic nitrogens is 1. The zero-order valence-electron chi connectivity index (χ0n) is 9.29. The number of anilines is 1. The second-order valence-electron chi connectivity index (χ2n) is 4.56. The molecule has 1 saturated carbocycles. The highest BCUT2D eigenvalue weighted by Crippen LogP contribution is 2.38. The molecule has 16 heavy (non-hydrogen) atoms. The van der Waals surface area contributed by atoms with Gasteiger partial charge in [-0.2, -0.15) is 0 Å². The molecule has 2 rings (SSSR count). The van der Waals surface area contributed by atoms with E-state index in [-0.39, 0.29) is 11.3 Å². The number of nitrogens with zero attached hydrogens (tertiary/aromatic N) is 1. The first kappa shape index (κ1) is 11.4. The maximum Gasteiger partial charge on any atom is 0.231 e.